The molecule has 2 heterocycles. The fourth-order valence-electron chi connectivity index (χ4n) is 3.41. The SMILES string of the molecule is COc1cc([N+](=O)[O-])c(Cl)cc1-c1ccc(C=C(C#N)c2nn(-c3ccccc3)c(N)c2C#N)o1. The molecule has 0 amide bonds. The summed E-state index contributed by atoms with van der Waals surface area (Å²) in [4.78, 5) is 10.5. The third kappa shape index (κ3) is 4.29. The summed E-state index contributed by atoms with van der Waals surface area (Å²) >= 11 is 6.05. The quantitative estimate of drug-likeness (QED) is 0.220. The molecule has 0 radical (unpaired) electrons. The summed E-state index contributed by atoms with van der Waals surface area (Å²) in [7, 11) is 1.37. The van der Waals surface area contributed by atoms with Crippen molar-refractivity contribution in [2.75, 3.05) is 12.8 Å². The van der Waals surface area contributed by atoms with Gasteiger partial charge in [0.05, 0.1) is 34.9 Å². The van der Waals surface area contributed by atoms with Gasteiger partial charge in [0, 0.05) is 6.08 Å². The Morgan fingerprint density at radius 3 is 2.63 bits per heavy atom. The van der Waals surface area contributed by atoms with Crippen molar-refractivity contribution in [3.63, 3.8) is 0 Å². The molecule has 2 N–H and O–H groups in total. The summed E-state index contributed by atoms with van der Waals surface area (Å²) in [6, 6.07) is 18.8. The number of anilines is 1. The molecule has 0 spiro atoms. The van der Waals surface area contributed by atoms with Gasteiger partial charge < -0.3 is 14.9 Å². The lowest BCUT2D eigenvalue weighted by Gasteiger charge is -2.07. The normalized spacial score (nSPS) is 11.0. The van der Waals surface area contributed by atoms with Gasteiger partial charge in [-0.1, -0.05) is 29.8 Å². The zero-order chi connectivity index (χ0) is 25.1. The van der Waals surface area contributed by atoms with Crippen LogP contribution in [0.5, 0.6) is 5.75 Å². The molecule has 0 fully saturated rings. The van der Waals surface area contributed by atoms with E-state index in [1.807, 2.05) is 18.2 Å². The van der Waals surface area contributed by atoms with Gasteiger partial charge in [-0.25, -0.2) is 4.68 Å². The number of nitro benzene ring substituents is 1. The van der Waals surface area contributed by atoms with E-state index in [9.17, 15) is 20.6 Å². The van der Waals surface area contributed by atoms with Crippen molar-refractivity contribution in [3.8, 4) is 34.9 Å². The van der Waals surface area contributed by atoms with Crippen LogP contribution in [0, 0.1) is 32.8 Å². The van der Waals surface area contributed by atoms with Crippen LogP contribution >= 0.6 is 11.6 Å². The van der Waals surface area contributed by atoms with E-state index in [1.54, 1.807) is 36.4 Å². The first-order chi connectivity index (χ1) is 16.9. The summed E-state index contributed by atoms with van der Waals surface area (Å²) in [6.45, 7) is 0. The highest BCUT2D eigenvalue weighted by Gasteiger charge is 2.22. The molecule has 0 atom stereocenters. The van der Waals surface area contributed by atoms with Crippen molar-refractivity contribution in [2.45, 2.75) is 0 Å². The number of aromatic nitrogens is 2. The average molecular weight is 487 g/mol. The van der Waals surface area contributed by atoms with Crippen LogP contribution in [0.4, 0.5) is 11.5 Å². The molecule has 11 heteroatoms. The van der Waals surface area contributed by atoms with Gasteiger partial charge in [-0.2, -0.15) is 15.6 Å². The number of halogens is 1. The second-order valence-corrected chi connectivity index (χ2v) is 7.51. The topological polar surface area (TPSA) is 157 Å². The fraction of sp³-hybridized carbons (Fsp3) is 0.0417. The minimum absolute atomic E-state index is 0.0530. The minimum atomic E-state index is -0.614. The van der Waals surface area contributed by atoms with Crippen molar-refractivity contribution < 1.29 is 14.1 Å². The lowest BCUT2D eigenvalue weighted by atomic mass is 10.1. The highest BCUT2D eigenvalue weighted by molar-refractivity contribution is 6.33. The number of furan rings is 1. The van der Waals surface area contributed by atoms with Crippen LogP contribution in [0.15, 0.2) is 59.0 Å². The van der Waals surface area contributed by atoms with E-state index in [1.165, 1.54) is 30.0 Å². The largest absolute Gasteiger partial charge is 0.496 e. The summed E-state index contributed by atoms with van der Waals surface area (Å²) in [5, 5.41) is 34.9. The number of nitrogens with two attached hydrogens (primary N) is 1. The first kappa shape index (κ1) is 23.1. The number of nitro groups is 1. The van der Waals surface area contributed by atoms with Gasteiger partial charge in [-0.3, -0.25) is 10.1 Å². The molecule has 0 aliphatic heterocycles. The van der Waals surface area contributed by atoms with E-state index in [2.05, 4.69) is 5.10 Å². The molecule has 0 aliphatic carbocycles. The highest BCUT2D eigenvalue weighted by atomic mass is 35.5. The Labute approximate surface area is 203 Å². The molecular weight excluding hydrogens is 472 g/mol. The Balaban J connectivity index is 1.77. The molecule has 0 saturated carbocycles. The number of para-hydroxylation sites is 1. The fourth-order valence-corrected chi connectivity index (χ4v) is 3.64. The van der Waals surface area contributed by atoms with Crippen LogP contribution in [-0.4, -0.2) is 21.8 Å². The van der Waals surface area contributed by atoms with Crippen molar-refractivity contribution >= 4 is 34.8 Å². The number of nitriles is 2. The molecule has 0 aliphatic rings. The van der Waals surface area contributed by atoms with Crippen LogP contribution in [-0.2, 0) is 0 Å². The maximum absolute atomic E-state index is 11.2. The third-order valence-electron chi connectivity index (χ3n) is 5.05. The van der Waals surface area contributed by atoms with Gasteiger partial charge in [0.25, 0.3) is 5.69 Å². The lowest BCUT2D eigenvalue weighted by molar-refractivity contribution is -0.384. The number of benzene rings is 2. The van der Waals surface area contributed by atoms with Crippen LogP contribution in [0.1, 0.15) is 17.0 Å². The number of rotatable bonds is 6. The molecule has 2 aromatic heterocycles. The second kappa shape index (κ2) is 9.43. The molecule has 2 aromatic carbocycles. The molecule has 4 aromatic rings. The Bertz CT molecular complexity index is 1560. The summed E-state index contributed by atoms with van der Waals surface area (Å²) in [5.74, 6) is 0.856. The molecular formula is C24H15ClN6O4. The zero-order valence-corrected chi connectivity index (χ0v) is 18.9. The molecule has 35 heavy (non-hydrogen) atoms. The Morgan fingerprint density at radius 1 is 1.26 bits per heavy atom. The summed E-state index contributed by atoms with van der Waals surface area (Å²) in [6.07, 6.45) is 1.42. The summed E-state index contributed by atoms with van der Waals surface area (Å²) in [5.41, 5.74) is 7.06. The van der Waals surface area contributed by atoms with Gasteiger partial charge in [0.2, 0.25) is 0 Å². The van der Waals surface area contributed by atoms with Crippen LogP contribution in [0.25, 0.3) is 28.7 Å². The lowest BCUT2D eigenvalue weighted by Crippen LogP contribution is -2.02. The number of nitrogen functional groups attached to an aromatic ring is 1. The number of methoxy groups -OCH3 is 1. The average Bonchev–Trinajstić information content (AvgIpc) is 3.46. The Hall–Kier alpha value is -5.06. The molecule has 0 saturated heterocycles. The van der Waals surface area contributed by atoms with Gasteiger partial charge in [0.15, 0.2) is 0 Å². The summed E-state index contributed by atoms with van der Waals surface area (Å²) < 4.78 is 12.5. The highest BCUT2D eigenvalue weighted by Crippen LogP contribution is 2.39. The Kier molecular flexibility index (Phi) is 6.23. The van der Waals surface area contributed by atoms with Crippen molar-refractivity contribution in [3.05, 3.63) is 86.8 Å². The van der Waals surface area contributed by atoms with Crippen LogP contribution < -0.4 is 10.5 Å². The number of hydrogen-bond donors (Lipinski definition) is 1. The molecule has 0 bridgehead atoms. The predicted octanol–water partition coefficient (Wildman–Crippen LogP) is 5.22. The molecule has 0 unspecified atom stereocenters. The standard InChI is InChI=1S/C24H15ClN6O4/c1-34-22-11-20(31(32)33)19(25)10-17(22)21-8-7-16(35-21)9-14(12-26)23-18(13-27)24(28)30(29-23)15-5-3-2-4-6-15/h2-11H,28H2,1H3. The van der Waals surface area contributed by atoms with Crippen LogP contribution in [0.2, 0.25) is 5.02 Å². The van der Waals surface area contributed by atoms with Gasteiger partial charge in [-0.15, -0.1) is 0 Å². The second-order valence-electron chi connectivity index (χ2n) is 7.10. The van der Waals surface area contributed by atoms with Crippen LogP contribution in [0.3, 0.4) is 0 Å². The van der Waals surface area contributed by atoms with Gasteiger partial charge >= 0.3 is 0 Å². The van der Waals surface area contributed by atoms with Gasteiger partial charge in [-0.05, 0) is 30.3 Å². The molecule has 10 nitrogen and oxygen atoms in total. The van der Waals surface area contributed by atoms with Crippen molar-refractivity contribution in [2.24, 2.45) is 0 Å². The van der Waals surface area contributed by atoms with E-state index in [-0.39, 0.29) is 44.9 Å². The predicted molar refractivity (Wildman–Crippen MR) is 129 cm³/mol. The monoisotopic (exact) mass is 486 g/mol. The number of nitrogens with zero attached hydrogens (tertiary/aromatic N) is 5. The van der Waals surface area contributed by atoms with Crippen molar-refractivity contribution in [1.29, 1.82) is 10.5 Å². The zero-order valence-electron chi connectivity index (χ0n) is 18.1. The Morgan fingerprint density at radius 2 is 2.00 bits per heavy atom. The number of allylic oxidation sites excluding steroid dienone is 1. The van der Waals surface area contributed by atoms with E-state index < -0.39 is 4.92 Å². The first-order valence-electron chi connectivity index (χ1n) is 9.96. The third-order valence-corrected chi connectivity index (χ3v) is 5.36. The molecule has 172 valence electrons. The number of hydrogen-bond acceptors (Lipinski definition) is 8. The molecule has 4 rings (SSSR count). The van der Waals surface area contributed by atoms with Crippen molar-refractivity contribution in [1.82, 2.24) is 9.78 Å². The number of ether oxygens (including phenoxy) is 1. The maximum Gasteiger partial charge on any atom is 0.291 e. The van der Waals surface area contributed by atoms with E-state index in [0.29, 0.717) is 17.0 Å². The van der Waals surface area contributed by atoms with E-state index >= 15 is 0 Å². The minimum Gasteiger partial charge on any atom is -0.496 e. The van der Waals surface area contributed by atoms with E-state index in [4.69, 9.17) is 26.5 Å². The van der Waals surface area contributed by atoms with E-state index in [0.717, 1.165) is 0 Å². The van der Waals surface area contributed by atoms with Gasteiger partial charge in [0.1, 0.15) is 51.5 Å². The smallest absolute Gasteiger partial charge is 0.291 e. The maximum atomic E-state index is 11.2. The first-order valence-corrected chi connectivity index (χ1v) is 10.3.